The zero-order valence-corrected chi connectivity index (χ0v) is 23.5. The maximum atomic E-state index is 12.6. The highest BCUT2D eigenvalue weighted by molar-refractivity contribution is 7.17. The van der Waals surface area contributed by atoms with Crippen molar-refractivity contribution in [1.82, 2.24) is 9.55 Å². The molecule has 220 valence electrons. The molecule has 1 aromatic rings. The summed E-state index contributed by atoms with van der Waals surface area (Å²) in [5, 5.41) is 21.1. The molecule has 1 aliphatic rings. The summed E-state index contributed by atoms with van der Waals surface area (Å²) in [6.45, 7) is 7.67. The monoisotopic (exact) mass is 579 g/mol. The molecule has 1 amide bonds. The summed E-state index contributed by atoms with van der Waals surface area (Å²) in [5.74, 6) is -2.73. The highest BCUT2D eigenvalue weighted by Gasteiger charge is 2.49. The number of hydrogen-bond donors (Lipinski definition) is 3. The third-order valence-corrected chi connectivity index (χ3v) is 5.58. The molecule has 0 aromatic carbocycles. The van der Waals surface area contributed by atoms with Gasteiger partial charge in [-0.25, -0.2) is 9.51 Å². The van der Waals surface area contributed by atoms with Crippen LogP contribution in [0.5, 0.6) is 0 Å². The first kappa shape index (κ1) is 32.5. The summed E-state index contributed by atoms with van der Waals surface area (Å²) >= 11 is 0. The van der Waals surface area contributed by atoms with Gasteiger partial charge in [0.15, 0.2) is 20.6 Å². The zero-order valence-electron chi connectivity index (χ0n) is 22.3. The minimum Gasteiger partial charge on any atom is -0.438 e. The fourth-order valence-corrected chi connectivity index (χ4v) is 3.27. The second-order valence-corrected chi connectivity index (χ2v) is 10.9. The lowest BCUT2D eigenvalue weighted by Crippen LogP contribution is -2.47. The SMILES string of the molecule is CC(C)(C)C(=O)OCOC(OC[C@H]1O[C@@H](n2ccnc(C(N)=O)c2=O)[C@H](O)[C@@H]1O)(O[PH2]=O)OC(=O)C(C)(C)C. The van der Waals surface area contributed by atoms with E-state index in [0.717, 1.165) is 17.0 Å². The van der Waals surface area contributed by atoms with Crippen LogP contribution >= 0.6 is 8.69 Å². The molecule has 4 N–H and O–H groups in total. The molecule has 2 unspecified atom stereocenters. The molecule has 39 heavy (non-hydrogen) atoms. The number of aromatic nitrogens is 2. The molecule has 2 heterocycles. The zero-order chi connectivity index (χ0) is 29.8. The lowest BCUT2D eigenvalue weighted by molar-refractivity contribution is -0.466. The summed E-state index contributed by atoms with van der Waals surface area (Å²) < 4.78 is 43.8. The Morgan fingerprint density at radius 2 is 1.69 bits per heavy atom. The first-order chi connectivity index (χ1) is 17.9. The van der Waals surface area contributed by atoms with Crippen molar-refractivity contribution in [1.29, 1.82) is 0 Å². The van der Waals surface area contributed by atoms with Crippen LogP contribution < -0.4 is 11.3 Å². The van der Waals surface area contributed by atoms with E-state index in [-0.39, 0.29) is 0 Å². The molecule has 0 spiro atoms. The summed E-state index contributed by atoms with van der Waals surface area (Å²) in [5.41, 5.74) is 1.50. The van der Waals surface area contributed by atoms with Gasteiger partial charge >= 0.3 is 18.1 Å². The fourth-order valence-electron chi connectivity index (χ4n) is 2.97. The number of aliphatic hydroxyl groups is 2. The predicted octanol–water partition coefficient (Wildman–Crippen LogP) is -0.570. The molecular weight excluding hydrogens is 545 g/mol. The Hall–Kier alpha value is -2.72. The number of carbonyl (C=O) groups excluding carboxylic acids is 3. The maximum absolute atomic E-state index is 12.6. The van der Waals surface area contributed by atoms with Crippen LogP contribution in [0.4, 0.5) is 0 Å². The van der Waals surface area contributed by atoms with Gasteiger partial charge in [0.05, 0.1) is 17.4 Å². The van der Waals surface area contributed by atoms with Crippen LogP contribution in [0.2, 0.25) is 0 Å². The molecule has 1 saturated heterocycles. The Morgan fingerprint density at radius 3 is 2.23 bits per heavy atom. The quantitative estimate of drug-likeness (QED) is 0.170. The van der Waals surface area contributed by atoms with E-state index in [4.69, 9.17) is 33.9 Å². The highest BCUT2D eigenvalue weighted by atomic mass is 31.1. The lowest BCUT2D eigenvalue weighted by Gasteiger charge is -2.32. The second-order valence-electron chi connectivity index (χ2n) is 10.5. The van der Waals surface area contributed by atoms with Crippen molar-refractivity contribution >= 4 is 26.5 Å². The normalized spacial score (nSPS) is 23.5. The summed E-state index contributed by atoms with van der Waals surface area (Å²) in [6.07, 6.45) is -6.92. The van der Waals surface area contributed by atoms with Crippen LogP contribution in [-0.2, 0) is 42.4 Å². The van der Waals surface area contributed by atoms with E-state index in [9.17, 15) is 34.0 Å². The number of rotatable bonds is 11. The van der Waals surface area contributed by atoms with Gasteiger partial charge in [-0.3, -0.25) is 37.8 Å². The van der Waals surface area contributed by atoms with Gasteiger partial charge in [-0.1, -0.05) is 0 Å². The van der Waals surface area contributed by atoms with Crippen molar-refractivity contribution in [2.75, 3.05) is 13.4 Å². The van der Waals surface area contributed by atoms with Gasteiger partial charge in [-0.15, -0.1) is 0 Å². The summed E-state index contributed by atoms with van der Waals surface area (Å²) in [7, 11) is -2.13. The third-order valence-electron chi connectivity index (χ3n) is 5.20. The standard InChI is InChI=1S/C22H34N3O13P/c1-20(2,3)18(30)33-10-35-22(38-39-32,37-19(31)21(4,5)6)34-9-11-13(26)14(27)17(36-11)25-8-7-24-12(15(23)28)16(25)29/h7-8,11,13-14,17,26-27H,9-10,39H2,1-6H3,(H2,23,28)/t11-,13-,14-,17-,22?/m1/s1. The molecule has 0 radical (unpaired) electrons. The van der Waals surface area contributed by atoms with E-state index in [1.807, 2.05) is 0 Å². The molecule has 2 rings (SSSR count). The average molecular weight is 579 g/mol. The van der Waals surface area contributed by atoms with Crippen molar-refractivity contribution < 1.29 is 57.4 Å². The van der Waals surface area contributed by atoms with Crippen LogP contribution in [0, 0.1) is 10.8 Å². The van der Waals surface area contributed by atoms with Gasteiger partial charge in [0.1, 0.15) is 18.3 Å². The van der Waals surface area contributed by atoms with Crippen molar-refractivity contribution in [3.8, 4) is 0 Å². The minimum absolute atomic E-state index is 0.624. The highest BCUT2D eigenvalue weighted by Crippen LogP contribution is 2.32. The summed E-state index contributed by atoms with van der Waals surface area (Å²) in [4.78, 5) is 52.3. The number of hydrogen-bond acceptors (Lipinski definition) is 14. The van der Waals surface area contributed by atoms with Gasteiger partial charge in [-0.05, 0) is 41.5 Å². The topological polar surface area (TPSA) is 225 Å². The molecule has 17 heteroatoms. The van der Waals surface area contributed by atoms with E-state index >= 15 is 0 Å². The lowest BCUT2D eigenvalue weighted by atomic mass is 9.97. The van der Waals surface area contributed by atoms with Gasteiger partial charge < -0.3 is 30.2 Å². The second kappa shape index (κ2) is 12.6. The van der Waals surface area contributed by atoms with Crippen LogP contribution in [-0.4, -0.2) is 75.5 Å². The molecule has 1 fully saturated rings. The molecule has 1 aliphatic heterocycles. The predicted molar refractivity (Wildman–Crippen MR) is 130 cm³/mol. The smallest absolute Gasteiger partial charge is 0.438 e. The van der Waals surface area contributed by atoms with E-state index in [1.54, 1.807) is 20.8 Å². The number of nitrogens with two attached hydrogens (primary N) is 1. The number of nitrogens with zero attached hydrogens (tertiary/aromatic N) is 2. The van der Waals surface area contributed by atoms with E-state index < -0.39 is 92.7 Å². The Morgan fingerprint density at radius 1 is 1.08 bits per heavy atom. The van der Waals surface area contributed by atoms with Crippen molar-refractivity contribution in [3.05, 3.63) is 28.4 Å². The Kier molecular flexibility index (Phi) is 10.5. The Balaban J connectivity index is 2.28. The van der Waals surface area contributed by atoms with Crippen LogP contribution in [0.15, 0.2) is 17.2 Å². The molecule has 6 atom stereocenters. The molecular formula is C22H34N3O13P. The summed E-state index contributed by atoms with van der Waals surface area (Å²) in [6, 6.07) is 0. The average Bonchev–Trinajstić information content (AvgIpc) is 3.10. The van der Waals surface area contributed by atoms with Gasteiger partial charge in [0.25, 0.3) is 11.5 Å². The number of carbonyl (C=O) groups is 3. The Labute approximate surface area is 224 Å². The molecule has 16 nitrogen and oxygen atoms in total. The molecule has 0 saturated carbocycles. The van der Waals surface area contributed by atoms with Crippen LogP contribution in [0.25, 0.3) is 0 Å². The number of primary amides is 1. The minimum atomic E-state index is -2.81. The van der Waals surface area contributed by atoms with E-state index in [0.29, 0.717) is 0 Å². The van der Waals surface area contributed by atoms with E-state index in [2.05, 4.69) is 4.98 Å². The number of esters is 2. The van der Waals surface area contributed by atoms with E-state index in [1.165, 1.54) is 20.8 Å². The largest absolute Gasteiger partial charge is 0.471 e. The number of aliphatic hydroxyl groups excluding tert-OH is 2. The first-order valence-electron chi connectivity index (χ1n) is 11.6. The maximum Gasteiger partial charge on any atom is 0.471 e. The molecule has 1 aromatic heterocycles. The molecule has 0 bridgehead atoms. The van der Waals surface area contributed by atoms with Gasteiger partial charge in [0, 0.05) is 12.4 Å². The Bertz CT molecular complexity index is 1130. The fraction of sp³-hybridized carbons (Fsp3) is 0.682. The number of amides is 1. The van der Waals surface area contributed by atoms with Gasteiger partial charge in [-0.2, -0.15) is 0 Å². The molecule has 0 aliphatic carbocycles. The van der Waals surface area contributed by atoms with Crippen LogP contribution in [0.3, 0.4) is 0 Å². The first-order valence-corrected chi connectivity index (χ1v) is 12.6. The van der Waals surface area contributed by atoms with Crippen LogP contribution in [0.1, 0.15) is 58.3 Å². The van der Waals surface area contributed by atoms with Crippen molar-refractivity contribution in [2.45, 2.75) is 72.2 Å². The third kappa shape index (κ3) is 8.14. The number of ether oxygens (including phenoxy) is 5. The van der Waals surface area contributed by atoms with Gasteiger partial charge in [0.2, 0.25) is 6.79 Å². The van der Waals surface area contributed by atoms with Crippen molar-refractivity contribution in [3.63, 3.8) is 0 Å². The van der Waals surface area contributed by atoms with Crippen molar-refractivity contribution in [2.24, 2.45) is 16.6 Å².